The van der Waals surface area contributed by atoms with Gasteiger partial charge in [0.15, 0.2) is 0 Å². The van der Waals surface area contributed by atoms with E-state index in [2.05, 4.69) is 138 Å². The summed E-state index contributed by atoms with van der Waals surface area (Å²) in [6.07, 6.45) is 0. The summed E-state index contributed by atoms with van der Waals surface area (Å²) in [5, 5.41) is 0. The quantitative estimate of drug-likeness (QED) is 0.182. The second-order valence-corrected chi connectivity index (χ2v) is 13.5. The first-order chi connectivity index (χ1) is 20.8. The van der Waals surface area contributed by atoms with Crippen LogP contribution in [0, 0.1) is 6.92 Å². The molecule has 0 N–H and O–H groups in total. The molecule has 0 saturated heterocycles. The molecule has 0 aromatic heterocycles. The molecule has 0 atom stereocenters. The Hall–Kier alpha value is -4.32. The van der Waals surface area contributed by atoms with Gasteiger partial charge in [0.2, 0.25) is 0 Å². The van der Waals surface area contributed by atoms with E-state index in [0.717, 1.165) is 0 Å². The molecule has 6 aromatic carbocycles. The van der Waals surface area contributed by atoms with Crippen molar-refractivity contribution in [2.45, 2.75) is 26.5 Å². The van der Waals surface area contributed by atoms with Crippen molar-refractivity contribution in [2.75, 3.05) is 9.80 Å². The van der Waals surface area contributed by atoms with Crippen molar-refractivity contribution in [3.05, 3.63) is 127 Å². The Kier molecular flexibility index (Phi) is 4.64. The first-order valence-corrected chi connectivity index (χ1v) is 16.0. The lowest BCUT2D eigenvalue weighted by molar-refractivity contribution is 1.15. The lowest BCUT2D eigenvalue weighted by Gasteiger charge is -2.47. The topological polar surface area (TPSA) is 6.48 Å². The number of rotatable bonds is 1. The maximum Gasteiger partial charge on any atom is 0.252 e. The summed E-state index contributed by atoms with van der Waals surface area (Å²) >= 11 is 3.79. The minimum absolute atomic E-state index is 0.162. The smallest absolute Gasteiger partial charge is 0.252 e. The van der Waals surface area contributed by atoms with Gasteiger partial charge in [-0.3, -0.25) is 0 Å². The standard InChI is InChI=1S/C37H23BN2S2/c1-22-10-2-3-11-24(22)23-20-29-35-30(21-23)40-28-15-5-7-17-32(28)42-34-19-9-13-26(37(34)40)38(35)25-12-8-18-33-36(25)39(29)27-14-4-6-16-31(27)41-33/h2-21H,1H3. The Balaban J connectivity index is 1.38. The third-order valence-electron chi connectivity index (χ3n) is 9.14. The molecule has 6 aromatic rings. The number of anilines is 6. The minimum atomic E-state index is 0.162. The number of fused-ring (bicyclic) bond motifs is 8. The van der Waals surface area contributed by atoms with E-state index in [1.54, 1.807) is 0 Å². The highest BCUT2D eigenvalue weighted by atomic mass is 32.2. The third-order valence-corrected chi connectivity index (χ3v) is 11.4. The van der Waals surface area contributed by atoms with Gasteiger partial charge in [-0.2, -0.15) is 0 Å². The van der Waals surface area contributed by atoms with Crippen LogP contribution in [-0.4, -0.2) is 6.71 Å². The number of hydrogen-bond acceptors (Lipinski definition) is 4. The molecule has 4 aliphatic heterocycles. The molecule has 4 aliphatic rings. The number of nitrogens with zero attached hydrogens (tertiary/aromatic N) is 2. The highest BCUT2D eigenvalue weighted by molar-refractivity contribution is 8.00. The summed E-state index contributed by atoms with van der Waals surface area (Å²) in [4.78, 5) is 10.4. The van der Waals surface area contributed by atoms with Crippen LogP contribution in [0.3, 0.4) is 0 Å². The van der Waals surface area contributed by atoms with E-state index >= 15 is 0 Å². The molecule has 10 rings (SSSR count). The minimum Gasteiger partial charge on any atom is -0.309 e. The second kappa shape index (κ2) is 8.38. The van der Waals surface area contributed by atoms with E-state index in [9.17, 15) is 0 Å². The Morgan fingerprint density at radius 1 is 0.500 bits per heavy atom. The molecular formula is C37H23BN2S2. The van der Waals surface area contributed by atoms with Crippen molar-refractivity contribution in [1.29, 1.82) is 0 Å². The van der Waals surface area contributed by atoms with Gasteiger partial charge in [-0.25, -0.2) is 0 Å². The Morgan fingerprint density at radius 2 is 1.00 bits per heavy atom. The van der Waals surface area contributed by atoms with Crippen LogP contribution < -0.4 is 26.2 Å². The van der Waals surface area contributed by atoms with Gasteiger partial charge in [0.05, 0.1) is 22.7 Å². The Bertz CT molecular complexity index is 2030. The van der Waals surface area contributed by atoms with Crippen LogP contribution >= 0.6 is 23.5 Å². The van der Waals surface area contributed by atoms with E-state index in [1.165, 1.54) is 86.8 Å². The molecular weight excluding hydrogens is 547 g/mol. The average molecular weight is 571 g/mol. The average Bonchev–Trinajstić information content (AvgIpc) is 3.03. The van der Waals surface area contributed by atoms with Crippen molar-refractivity contribution >= 4 is 80.7 Å². The molecule has 2 nitrogen and oxygen atoms in total. The number of para-hydroxylation sites is 4. The molecule has 0 amide bonds. The van der Waals surface area contributed by atoms with Crippen molar-refractivity contribution in [1.82, 2.24) is 0 Å². The second-order valence-electron chi connectivity index (χ2n) is 11.4. The molecule has 5 heteroatoms. The summed E-state index contributed by atoms with van der Waals surface area (Å²) < 4.78 is 0. The van der Waals surface area contributed by atoms with Crippen molar-refractivity contribution < 1.29 is 0 Å². The third kappa shape index (κ3) is 2.95. The number of aryl methyl sites for hydroxylation is 1. The Labute approximate surface area is 254 Å². The van der Waals surface area contributed by atoms with Gasteiger partial charge in [0.25, 0.3) is 6.71 Å². The van der Waals surface area contributed by atoms with E-state index in [1.807, 2.05) is 23.5 Å². The highest BCUT2D eigenvalue weighted by Crippen LogP contribution is 2.57. The van der Waals surface area contributed by atoms with Gasteiger partial charge in [-0.15, -0.1) is 0 Å². The first-order valence-electron chi connectivity index (χ1n) is 14.4. The first kappa shape index (κ1) is 23.3. The van der Waals surface area contributed by atoms with Gasteiger partial charge < -0.3 is 9.80 Å². The number of hydrogen-bond donors (Lipinski definition) is 0. The normalized spacial score (nSPS) is 14.5. The van der Waals surface area contributed by atoms with Gasteiger partial charge >= 0.3 is 0 Å². The maximum atomic E-state index is 2.56. The van der Waals surface area contributed by atoms with Crippen LogP contribution in [0.1, 0.15) is 5.56 Å². The van der Waals surface area contributed by atoms with E-state index in [0.29, 0.717) is 0 Å². The molecule has 0 radical (unpaired) electrons. The zero-order valence-electron chi connectivity index (χ0n) is 22.8. The molecule has 0 unspecified atom stereocenters. The zero-order chi connectivity index (χ0) is 27.5. The summed E-state index contributed by atoms with van der Waals surface area (Å²) in [5.41, 5.74) is 15.8. The van der Waals surface area contributed by atoms with Gasteiger partial charge in [-0.05, 0) is 88.5 Å². The lowest BCUT2D eigenvalue weighted by Crippen LogP contribution is -2.62. The molecule has 196 valence electrons. The van der Waals surface area contributed by atoms with E-state index in [-0.39, 0.29) is 6.71 Å². The van der Waals surface area contributed by atoms with Crippen LogP contribution in [0.5, 0.6) is 0 Å². The predicted octanol–water partition coefficient (Wildman–Crippen LogP) is 8.67. The fraction of sp³-hybridized carbons (Fsp3) is 0.0270. The summed E-state index contributed by atoms with van der Waals surface area (Å²) in [6.45, 7) is 2.39. The molecule has 0 fully saturated rings. The van der Waals surface area contributed by atoms with Crippen LogP contribution in [-0.2, 0) is 0 Å². The summed E-state index contributed by atoms with van der Waals surface area (Å²) in [7, 11) is 0. The van der Waals surface area contributed by atoms with Crippen LogP contribution in [0.25, 0.3) is 11.1 Å². The molecule has 0 bridgehead atoms. The van der Waals surface area contributed by atoms with Gasteiger partial charge in [0.1, 0.15) is 0 Å². The van der Waals surface area contributed by atoms with Crippen molar-refractivity contribution in [3.8, 4) is 11.1 Å². The predicted molar refractivity (Wildman–Crippen MR) is 179 cm³/mol. The lowest BCUT2D eigenvalue weighted by atomic mass is 9.33. The van der Waals surface area contributed by atoms with Gasteiger partial charge in [0, 0.05) is 31.0 Å². The monoisotopic (exact) mass is 570 g/mol. The van der Waals surface area contributed by atoms with E-state index in [4.69, 9.17) is 0 Å². The summed E-state index contributed by atoms with van der Waals surface area (Å²) in [5.74, 6) is 0. The zero-order valence-corrected chi connectivity index (χ0v) is 24.5. The molecule has 0 saturated carbocycles. The van der Waals surface area contributed by atoms with Gasteiger partial charge in [-0.1, -0.05) is 96.3 Å². The SMILES string of the molecule is Cc1ccccc1-c1cc2c3c(c1)N1c4ccccc4Sc4cccc(c41)B3c1cccc3c1N2c1ccccc1S3. The summed E-state index contributed by atoms with van der Waals surface area (Å²) in [6, 6.07) is 45.3. The van der Waals surface area contributed by atoms with Crippen molar-refractivity contribution in [3.63, 3.8) is 0 Å². The van der Waals surface area contributed by atoms with E-state index < -0.39 is 0 Å². The van der Waals surface area contributed by atoms with Crippen LogP contribution in [0.15, 0.2) is 141 Å². The highest BCUT2D eigenvalue weighted by Gasteiger charge is 2.47. The largest absolute Gasteiger partial charge is 0.309 e. The molecule has 4 heterocycles. The number of benzene rings is 6. The fourth-order valence-corrected chi connectivity index (χ4v) is 9.64. The fourth-order valence-electron chi connectivity index (χ4n) is 7.44. The van der Waals surface area contributed by atoms with Crippen LogP contribution in [0.4, 0.5) is 34.1 Å². The van der Waals surface area contributed by atoms with Crippen molar-refractivity contribution in [2.24, 2.45) is 0 Å². The molecule has 0 aliphatic carbocycles. The van der Waals surface area contributed by atoms with Crippen LogP contribution in [0.2, 0.25) is 0 Å². The molecule has 42 heavy (non-hydrogen) atoms. The Morgan fingerprint density at radius 3 is 1.57 bits per heavy atom. The maximum absolute atomic E-state index is 2.56. The molecule has 0 spiro atoms.